The van der Waals surface area contributed by atoms with Gasteiger partial charge in [-0.3, -0.25) is 0 Å². The summed E-state index contributed by atoms with van der Waals surface area (Å²) >= 11 is 0. The van der Waals surface area contributed by atoms with E-state index in [4.69, 9.17) is 5.26 Å². The number of fused-ring (bicyclic) bond motifs is 1. The molecule has 3 rings (SSSR count). The number of rotatable bonds is 2. The first-order valence-electron chi connectivity index (χ1n) is 7.01. The zero-order valence-corrected chi connectivity index (χ0v) is 11.4. The molecule has 3 nitrogen and oxygen atoms in total. The summed E-state index contributed by atoms with van der Waals surface area (Å²) in [5, 5.41) is 12.2. The van der Waals surface area contributed by atoms with Gasteiger partial charge in [-0.1, -0.05) is 24.3 Å². The van der Waals surface area contributed by atoms with E-state index in [0.717, 1.165) is 37.9 Å². The van der Waals surface area contributed by atoms with Crippen LogP contribution in [-0.4, -0.2) is 18.1 Å². The van der Waals surface area contributed by atoms with Crippen molar-refractivity contribution in [3.63, 3.8) is 0 Å². The highest BCUT2D eigenvalue weighted by Gasteiger charge is 2.08. The molecule has 0 atom stereocenters. The normalized spacial score (nSPS) is 14.2. The van der Waals surface area contributed by atoms with Gasteiger partial charge in [0.25, 0.3) is 0 Å². The number of nitriles is 1. The van der Waals surface area contributed by atoms with Crippen LogP contribution in [0.5, 0.6) is 0 Å². The molecule has 0 unspecified atom stereocenters. The molecule has 1 aromatic heterocycles. The summed E-state index contributed by atoms with van der Waals surface area (Å²) in [5.41, 5.74) is 5.88. The predicted octanol–water partition coefficient (Wildman–Crippen LogP) is 2.23. The number of pyridine rings is 1. The van der Waals surface area contributed by atoms with Gasteiger partial charge >= 0.3 is 0 Å². The Morgan fingerprint density at radius 1 is 1.05 bits per heavy atom. The average Bonchev–Trinajstić information content (AvgIpc) is 2.73. The highest BCUT2D eigenvalue weighted by Crippen LogP contribution is 2.17. The van der Waals surface area contributed by atoms with Crippen molar-refractivity contribution in [2.45, 2.75) is 19.3 Å². The maximum Gasteiger partial charge on any atom is 0.140 e. The third-order valence-corrected chi connectivity index (χ3v) is 3.76. The van der Waals surface area contributed by atoms with E-state index in [2.05, 4.69) is 28.5 Å². The minimum Gasteiger partial charge on any atom is -0.316 e. The second-order valence-corrected chi connectivity index (χ2v) is 5.19. The molecule has 1 N–H and O–H groups in total. The Bertz CT molecular complexity index is 638. The summed E-state index contributed by atoms with van der Waals surface area (Å²) in [4.78, 5) is 4.12. The molecule has 0 amide bonds. The maximum atomic E-state index is 8.76. The van der Waals surface area contributed by atoms with Gasteiger partial charge in [-0.2, -0.15) is 5.26 Å². The summed E-state index contributed by atoms with van der Waals surface area (Å²) in [7, 11) is 0. The Balaban J connectivity index is 1.80. The summed E-state index contributed by atoms with van der Waals surface area (Å²) in [6.45, 7) is 2.14. The van der Waals surface area contributed by atoms with Crippen LogP contribution in [0.2, 0.25) is 0 Å². The van der Waals surface area contributed by atoms with Crippen molar-refractivity contribution in [2.24, 2.45) is 0 Å². The van der Waals surface area contributed by atoms with E-state index in [1.807, 2.05) is 12.1 Å². The van der Waals surface area contributed by atoms with Crippen molar-refractivity contribution in [1.82, 2.24) is 10.3 Å². The molecule has 2 heterocycles. The molecule has 0 saturated carbocycles. The van der Waals surface area contributed by atoms with Crippen LogP contribution in [0, 0.1) is 11.3 Å². The minimum atomic E-state index is 0.474. The van der Waals surface area contributed by atoms with Crippen LogP contribution in [0.4, 0.5) is 0 Å². The fraction of sp³-hybridized carbons (Fsp3) is 0.294. The number of hydrogen-bond donors (Lipinski definition) is 1. The van der Waals surface area contributed by atoms with Gasteiger partial charge in [0.05, 0.1) is 0 Å². The predicted molar refractivity (Wildman–Crippen MR) is 78.5 cm³/mol. The first kappa shape index (κ1) is 12.8. The zero-order valence-electron chi connectivity index (χ0n) is 11.4. The molecule has 1 aliphatic rings. The van der Waals surface area contributed by atoms with Gasteiger partial charge in [0.2, 0.25) is 0 Å². The zero-order chi connectivity index (χ0) is 13.8. The van der Waals surface area contributed by atoms with Crippen LogP contribution in [0.1, 0.15) is 27.9 Å². The van der Waals surface area contributed by atoms with Gasteiger partial charge in [-0.25, -0.2) is 4.98 Å². The molecule has 2 aromatic rings. The topological polar surface area (TPSA) is 48.7 Å². The molecule has 100 valence electrons. The number of nitrogens with zero attached hydrogens (tertiary/aromatic N) is 2. The smallest absolute Gasteiger partial charge is 0.140 e. The molecule has 1 aliphatic heterocycles. The molecular formula is C17H17N3. The van der Waals surface area contributed by atoms with Crippen molar-refractivity contribution in [3.05, 3.63) is 64.5 Å². The molecular weight excluding hydrogens is 246 g/mol. The first-order valence-corrected chi connectivity index (χ1v) is 7.01. The van der Waals surface area contributed by atoms with Crippen LogP contribution in [0.15, 0.2) is 36.5 Å². The standard InChI is InChI=1S/C17H17N3/c18-11-17-4-2-14(12-20-17)9-13-1-3-15-5-7-19-8-6-16(15)10-13/h1-4,10,12,19H,5-9H2. The van der Waals surface area contributed by atoms with Gasteiger partial charge in [0.15, 0.2) is 0 Å². The van der Waals surface area contributed by atoms with Crippen molar-refractivity contribution in [3.8, 4) is 6.07 Å². The third kappa shape index (κ3) is 2.87. The van der Waals surface area contributed by atoms with Gasteiger partial charge in [0, 0.05) is 6.20 Å². The van der Waals surface area contributed by atoms with Gasteiger partial charge in [0.1, 0.15) is 11.8 Å². The van der Waals surface area contributed by atoms with E-state index in [0.29, 0.717) is 5.69 Å². The summed E-state index contributed by atoms with van der Waals surface area (Å²) < 4.78 is 0. The molecule has 0 spiro atoms. The van der Waals surface area contributed by atoms with E-state index in [-0.39, 0.29) is 0 Å². The molecule has 0 aliphatic carbocycles. The van der Waals surface area contributed by atoms with Crippen LogP contribution < -0.4 is 5.32 Å². The summed E-state index contributed by atoms with van der Waals surface area (Å²) in [6, 6.07) is 12.6. The van der Waals surface area contributed by atoms with Gasteiger partial charge < -0.3 is 5.32 Å². The van der Waals surface area contributed by atoms with Gasteiger partial charge in [-0.05, 0) is 60.7 Å². The highest BCUT2D eigenvalue weighted by molar-refractivity contribution is 5.36. The molecule has 1 aromatic carbocycles. The lowest BCUT2D eigenvalue weighted by atomic mass is 9.97. The third-order valence-electron chi connectivity index (χ3n) is 3.76. The van der Waals surface area contributed by atoms with E-state index < -0.39 is 0 Å². The van der Waals surface area contributed by atoms with Crippen molar-refractivity contribution in [1.29, 1.82) is 5.26 Å². The fourth-order valence-electron chi connectivity index (χ4n) is 2.67. The van der Waals surface area contributed by atoms with Crippen molar-refractivity contribution in [2.75, 3.05) is 13.1 Å². The Kier molecular flexibility index (Phi) is 3.76. The number of hydrogen-bond acceptors (Lipinski definition) is 3. The van der Waals surface area contributed by atoms with E-state index in [1.54, 1.807) is 12.3 Å². The Morgan fingerprint density at radius 2 is 1.85 bits per heavy atom. The maximum absolute atomic E-state index is 8.76. The Hall–Kier alpha value is -2.18. The number of nitrogens with one attached hydrogen (secondary N) is 1. The Morgan fingerprint density at radius 3 is 2.60 bits per heavy atom. The van der Waals surface area contributed by atoms with Crippen molar-refractivity contribution < 1.29 is 0 Å². The summed E-state index contributed by atoms with van der Waals surface area (Å²) in [5.74, 6) is 0. The first-order chi connectivity index (χ1) is 9.85. The lowest BCUT2D eigenvalue weighted by Crippen LogP contribution is -2.16. The SMILES string of the molecule is N#Cc1ccc(Cc2ccc3c(c2)CCNCC3)cn1. The minimum absolute atomic E-state index is 0.474. The fourth-order valence-corrected chi connectivity index (χ4v) is 2.67. The van der Waals surface area contributed by atoms with Crippen LogP contribution >= 0.6 is 0 Å². The monoisotopic (exact) mass is 263 g/mol. The van der Waals surface area contributed by atoms with E-state index in [1.165, 1.54) is 16.7 Å². The highest BCUT2D eigenvalue weighted by atomic mass is 14.8. The molecule has 0 fully saturated rings. The largest absolute Gasteiger partial charge is 0.316 e. The Labute approximate surface area is 119 Å². The number of benzene rings is 1. The van der Waals surface area contributed by atoms with Crippen molar-refractivity contribution >= 4 is 0 Å². The lowest BCUT2D eigenvalue weighted by Gasteiger charge is -2.08. The van der Waals surface area contributed by atoms with Crippen LogP contribution in [0.3, 0.4) is 0 Å². The second kappa shape index (κ2) is 5.85. The molecule has 0 radical (unpaired) electrons. The van der Waals surface area contributed by atoms with Crippen LogP contribution in [0.25, 0.3) is 0 Å². The lowest BCUT2D eigenvalue weighted by molar-refractivity contribution is 0.711. The molecule has 0 bridgehead atoms. The van der Waals surface area contributed by atoms with Crippen LogP contribution in [-0.2, 0) is 19.3 Å². The molecule has 0 saturated heterocycles. The van der Waals surface area contributed by atoms with E-state index in [9.17, 15) is 0 Å². The second-order valence-electron chi connectivity index (χ2n) is 5.19. The quantitative estimate of drug-likeness (QED) is 0.904. The molecule has 20 heavy (non-hydrogen) atoms. The molecule has 3 heteroatoms. The number of aromatic nitrogens is 1. The van der Waals surface area contributed by atoms with Gasteiger partial charge in [-0.15, -0.1) is 0 Å². The average molecular weight is 263 g/mol. The summed E-state index contributed by atoms with van der Waals surface area (Å²) in [6.07, 6.45) is 4.90. The van der Waals surface area contributed by atoms with E-state index >= 15 is 0 Å².